The van der Waals surface area contributed by atoms with Gasteiger partial charge in [-0.2, -0.15) is 0 Å². The third-order valence-electron chi connectivity index (χ3n) is 1.72. The van der Waals surface area contributed by atoms with Gasteiger partial charge in [0.1, 0.15) is 18.2 Å². The van der Waals surface area contributed by atoms with Crippen molar-refractivity contribution in [3.05, 3.63) is 29.6 Å². The first-order valence-corrected chi connectivity index (χ1v) is 4.43. The van der Waals surface area contributed by atoms with Gasteiger partial charge in [0, 0.05) is 11.6 Å². The zero-order valence-electron chi connectivity index (χ0n) is 8.54. The van der Waals surface area contributed by atoms with Crippen LogP contribution in [-0.2, 0) is 4.79 Å². The van der Waals surface area contributed by atoms with Crippen LogP contribution in [0.15, 0.2) is 18.2 Å². The molecule has 15 heavy (non-hydrogen) atoms. The van der Waals surface area contributed by atoms with Gasteiger partial charge in [0.25, 0.3) is 0 Å². The molecule has 0 aliphatic heterocycles. The molecule has 0 bridgehead atoms. The molecule has 0 N–H and O–H groups in total. The second-order valence-corrected chi connectivity index (χ2v) is 3.22. The Labute approximate surface area is 86.9 Å². The Morgan fingerprint density at radius 3 is 2.47 bits per heavy atom. The van der Waals surface area contributed by atoms with Crippen molar-refractivity contribution in [3.8, 4) is 5.75 Å². The van der Waals surface area contributed by atoms with Crippen LogP contribution in [0.4, 0.5) is 4.39 Å². The van der Waals surface area contributed by atoms with Crippen LogP contribution in [0.25, 0.3) is 0 Å². The number of ether oxygens (including phenoxy) is 1. The molecular formula is C11H11FO3. The zero-order chi connectivity index (χ0) is 11.4. The van der Waals surface area contributed by atoms with Gasteiger partial charge in [-0.15, -0.1) is 0 Å². The molecule has 0 heterocycles. The van der Waals surface area contributed by atoms with Crippen LogP contribution in [0.1, 0.15) is 24.2 Å². The highest BCUT2D eigenvalue weighted by atomic mass is 19.1. The lowest BCUT2D eigenvalue weighted by molar-refractivity contribution is -0.118. The van der Waals surface area contributed by atoms with Gasteiger partial charge in [-0.05, 0) is 26.0 Å². The second kappa shape index (κ2) is 4.68. The van der Waals surface area contributed by atoms with E-state index in [-0.39, 0.29) is 29.5 Å². The molecule has 1 rings (SSSR count). The predicted molar refractivity (Wildman–Crippen MR) is 52.6 cm³/mol. The maximum absolute atomic E-state index is 13.0. The topological polar surface area (TPSA) is 43.4 Å². The molecule has 1 aromatic carbocycles. The first-order valence-electron chi connectivity index (χ1n) is 4.43. The molecule has 0 saturated heterocycles. The van der Waals surface area contributed by atoms with E-state index in [1.807, 2.05) is 0 Å². The first-order chi connectivity index (χ1) is 6.99. The lowest BCUT2D eigenvalue weighted by Gasteiger charge is -2.05. The van der Waals surface area contributed by atoms with Crippen molar-refractivity contribution in [1.29, 1.82) is 0 Å². The molecule has 0 saturated carbocycles. The molecule has 0 atom stereocenters. The summed E-state index contributed by atoms with van der Waals surface area (Å²) in [5.41, 5.74) is 0.230. The van der Waals surface area contributed by atoms with Gasteiger partial charge in [-0.3, -0.25) is 9.59 Å². The summed E-state index contributed by atoms with van der Waals surface area (Å²) in [7, 11) is 0. The van der Waals surface area contributed by atoms with Crippen LogP contribution in [0, 0.1) is 5.82 Å². The van der Waals surface area contributed by atoms with Gasteiger partial charge in [-0.1, -0.05) is 0 Å². The van der Waals surface area contributed by atoms with E-state index >= 15 is 0 Å². The van der Waals surface area contributed by atoms with Gasteiger partial charge in [0.2, 0.25) is 0 Å². The largest absolute Gasteiger partial charge is 0.486 e. The number of ketones is 2. The quantitative estimate of drug-likeness (QED) is 0.714. The summed E-state index contributed by atoms with van der Waals surface area (Å²) in [5.74, 6) is -0.775. The van der Waals surface area contributed by atoms with Crippen molar-refractivity contribution in [2.24, 2.45) is 0 Å². The van der Waals surface area contributed by atoms with Gasteiger partial charge in [0.05, 0.1) is 0 Å². The van der Waals surface area contributed by atoms with E-state index in [0.29, 0.717) is 0 Å². The van der Waals surface area contributed by atoms with Crippen LogP contribution >= 0.6 is 0 Å². The number of hydrogen-bond donors (Lipinski definition) is 0. The normalized spacial score (nSPS) is 9.80. The Bertz CT molecular complexity index is 399. The number of rotatable bonds is 4. The van der Waals surface area contributed by atoms with E-state index in [0.717, 1.165) is 12.1 Å². The van der Waals surface area contributed by atoms with Crippen molar-refractivity contribution in [2.75, 3.05) is 6.61 Å². The standard InChI is InChI=1S/C11H11FO3/c1-7(13)6-15-11-4-9(8(2)14)3-10(12)5-11/h3-5H,6H2,1-2H3. The number of carbonyl (C=O) groups is 2. The lowest BCUT2D eigenvalue weighted by Crippen LogP contribution is -2.07. The molecule has 0 radical (unpaired) electrons. The molecule has 80 valence electrons. The van der Waals surface area contributed by atoms with Crippen LogP contribution in [0.3, 0.4) is 0 Å². The average Bonchev–Trinajstić information content (AvgIpc) is 2.13. The predicted octanol–water partition coefficient (Wildman–Crippen LogP) is 2.00. The van der Waals surface area contributed by atoms with Gasteiger partial charge < -0.3 is 4.74 Å². The number of Topliss-reactive ketones (excluding diaryl/α,β-unsaturated/α-hetero) is 2. The summed E-state index contributed by atoms with van der Waals surface area (Å²) in [6, 6.07) is 3.67. The lowest BCUT2D eigenvalue weighted by atomic mass is 10.1. The number of halogens is 1. The average molecular weight is 210 g/mol. The van der Waals surface area contributed by atoms with Crippen LogP contribution in [0.5, 0.6) is 5.75 Å². The Morgan fingerprint density at radius 2 is 1.93 bits per heavy atom. The molecule has 4 heteroatoms. The molecule has 0 spiro atoms. The smallest absolute Gasteiger partial charge is 0.167 e. The highest BCUT2D eigenvalue weighted by Gasteiger charge is 2.06. The third-order valence-corrected chi connectivity index (χ3v) is 1.72. The minimum atomic E-state index is -0.554. The van der Waals surface area contributed by atoms with Crippen molar-refractivity contribution in [3.63, 3.8) is 0 Å². The number of benzene rings is 1. The van der Waals surface area contributed by atoms with Crippen molar-refractivity contribution in [1.82, 2.24) is 0 Å². The maximum atomic E-state index is 13.0. The molecule has 0 amide bonds. The number of carbonyl (C=O) groups excluding carboxylic acids is 2. The first kappa shape index (κ1) is 11.4. The van der Waals surface area contributed by atoms with Crippen molar-refractivity contribution < 1.29 is 18.7 Å². The van der Waals surface area contributed by atoms with E-state index in [2.05, 4.69) is 0 Å². The highest BCUT2D eigenvalue weighted by molar-refractivity contribution is 5.94. The van der Waals surface area contributed by atoms with E-state index in [1.54, 1.807) is 0 Å². The summed E-state index contributed by atoms with van der Waals surface area (Å²) < 4.78 is 18.0. The third kappa shape index (κ3) is 3.50. The second-order valence-electron chi connectivity index (χ2n) is 3.22. The molecule has 0 aliphatic carbocycles. The van der Waals surface area contributed by atoms with Crippen LogP contribution in [-0.4, -0.2) is 18.2 Å². The Hall–Kier alpha value is -1.71. The highest BCUT2D eigenvalue weighted by Crippen LogP contribution is 2.16. The molecule has 0 aromatic heterocycles. The minimum Gasteiger partial charge on any atom is -0.486 e. The van der Waals surface area contributed by atoms with E-state index in [1.165, 1.54) is 19.9 Å². The van der Waals surface area contributed by atoms with Crippen molar-refractivity contribution >= 4 is 11.6 Å². The molecular weight excluding hydrogens is 199 g/mol. The van der Waals surface area contributed by atoms with Gasteiger partial charge in [0.15, 0.2) is 11.6 Å². The van der Waals surface area contributed by atoms with Crippen LogP contribution in [0.2, 0.25) is 0 Å². The van der Waals surface area contributed by atoms with Crippen molar-refractivity contribution in [2.45, 2.75) is 13.8 Å². The fourth-order valence-corrected chi connectivity index (χ4v) is 1.03. The maximum Gasteiger partial charge on any atom is 0.167 e. The summed E-state index contributed by atoms with van der Waals surface area (Å²) in [4.78, 5) is 21.6. The number of hydrogen-bond acceptors (Lipinski definition) is 3. The SMILES string of the molecule is CC(=O)COc1cc(F)cc(C(C)=O)c1. The van der Waals surface area contributed by atoms with E-state index in [9.17, 15) is 14.0 Å². The Kier molecular flexibility index (Phi) is 3.55. The molecule has 0 unspecified atom stereocenters. The van der Waals surface area contributed by atoms with Crippen LogP contribution < -0.4 is 4.74 Å². The molecule has 1 aromatic rings. The van der Waals surface area contributed by atoms with Gasteiger partial charge in [-0.25, -0.2) is 4.39 Å². The minimum absolute atomic E-state index is 0.124. The van der Waals surface area contributed by atoms with Gasteiger partial charge >= 0.3 is 0 Å². The molecule has 0 fully saturated rings. The Balaban J connectivity index is 2.88. The summed E-state index contributed by atoms with van der Waals surface area (Å²) in [5, 5.41) is 0. The monoisotopic (exact) mass is 210 g/mol. The summed E-state index contributed by atoms with van der Waals surface area (Å²) in [6.45, 7) is 2.58. The fraction of sp³-hybridized carbons (Fsp3) is 0.273. The Morgan fingerprint density at radius 1 is 1.27 bits per heavy atom. The molecule has 0 aliphatic rings. The molecule has 3 nitrogen and oxygen atoms in total. The fourth-order valence-electron chi connectivity index (χ4n) is 1.03. The van der Waals surface area contributed by atoms with E-state index in [4.69, 9.17) is 4.74 Å². The zero-order valence-corrected chi connectivity index (χ0v) is 8.54. The van der Waals surface area contributed by atoms with E-state index < -0.39 is 5.82 Å². The summed E-state index contributed by atoms with van der Waals surface area (Å²) >= 11 is 0. The summed E-state index contributed by atoms with van der Waals surface area (Å²) in [6.07, 6.45) is 0.